The Morgan fingerprint density at radius 2 is 1.75 bits per heavy atom. The lowest BCUT2D eigenvalue weighted by Gasteiger charge is -2.26. The zero-order valence-corrected chi connectivity index (χ0v) is 16.1. The number of para-hydroxylation sites is 1. The topological polar surface area (TPSA) is 93.9 Å². The second-order valence-electron chi connectivity index (χ2n) is 7.25. The van der Waals surface area contributed by atoms with Gasteiger partial charge in [-0.05, 0) is 37.0 Å². The Kier molecular flexibility index (Phi) is 6.53. The number of rotatable bonds is 9. The molecule has 6 nitrogen and oxygen atoms in total. The number of nitrogens with zero attached hydrogens (tertiary/aromatic N) is 2. The summed E-state index contributed by atoms with van der Waals surface area (Å²) in [4.78, 5) is 19.3. The number of carbonyl (C=O) groups is 1. The first kappa shape index (κ1) is 19.7. The number of aliphatic imine (C=N–C) groups is 1. The third-order valence-corrected chi connectivity index (χ3v) is 5.16. The highest BCUT2D eigenvalue weighted by Crippen LogP contribution is 2.33. The Bertz CT molecular complexity index is 791. The van der Waals surface area contributed by atoms with Gasteiger partial charge in [0, 0.05) is 13.1 Å². The molecule has 1 amide bonds. The molecule has 4 N–H and O–H groups in total. The summed E-state index contributed by atoms with van der Waals surface area (Å²) in [5, 5.41) is 0. The fourth-order valence-electron chi connectivity index (χ4n) is 3.53. The standard InChI is InChI=1S/C22H28N4O2/c23-21(24)25-16-22(17-28-19-11-5-2-6-12-19)13-15-26(20(22)27)14-7-10-18-8-3-1-4-9-18/h1-6,8-9,11-12H,7,10,13-17H2,(H4,23,24,25). The van der Waals surface area contributed by atoms with Crippen LogP contribution in [0.25, 0.3) is 0 Å². The van der Waals surface area contributed by atoms with Gasteiger partial charge >= 0.3 is 0 Å². The van der Waals surface area contributed by atoms with Gasteiger partial charge in [-0.3, -0.25) is 9.79 Å². The van der Waals surface area contributed by atoms with Gasteiger partial charge in [-0.15, -0.1) is 0 Å². The molecule has 1 fully saturated rings. The quantitative estimate of drug-likeness (QED) is 0.515. The van der Waals surface area contributed by atoms with Crippen molar-refractivity contribution in [2.75, 3.05) is 26.2 Å². The van der Waals surface area contributed by atoms with Crippen molar-refractivity contribution in [2.24, 2.45) is 21.9 Å². The molecule has 6 heteroatoms. The highest BCUT2D eigenvalue weighted by Gasteiger charge is 2.47. The molecule has 1 aliphatic heterocycles. The molecule has 0 radical (unpaired) electrons. The van der Waals surface area contributed by atoms with E-state index in [9.17, 15) is 4.79 Å². The summed E-state index contributed by atoms with van der Waals surface area (Å²) in [5.41, 5.74) is 11.6. The van der Waals surface area contributed by atoms with Crippen molar-refractivity contribution in [3.63, 3.8) is 0 Å². The van der Waals surface area contributed by atoms with E-state index in [0.717, 1.165) is 25.1 Å². The molecular weight excluding hydrogens is 352 g/mol. The zero-order chi connectivity index (χ0) is 19.8. The minimum atomic E-state index is -0.716. The lowest BCUT2D eigenvalue weighted by Crippen LogP contribution is -2.42. The van der Waals surface area contributed by atoms with Crippen LogP contribution >= 0.6 is 0 Å². The first-order chi connectivity index (χ1) is 13.6. The number of likely N-dealkylation sites (tertiary alicyclic amines) is 1. The lowest BCUT2D eigenvalue weighted by molar-refractivity contribution is -0.137. The van der Waals surface area contributed by atoms with Crippen LogP contribution in [0.4, 0.5) is 0 Å². The lowest BCUT2D eigenvalue weighted by atomic mass is 9.87. The average Bonchev–Trinajstić information content (AvgIpc) is 3.03. The number of guanidine groups is 1. The van der Waals surface area contributed by atoms with Gasteiger partial charge in [0.1, 0.15) is 17.8 Å². The molecule has 3 rings (SSSR count). The summed E-state index contributed by atoms with van der Waals surface area (Å²) < 4.78 is 5.92. The van der Waals surface area contributed by atoms with Crippen molar-refractivity contribution in [2.45, 2.75) is 19.3 Å². The Hall–Kier alpha value is -3.02. The molecule has 0 aromatic heterocycles. The second-order valence-corrected chi connectivity index (χ2v) is 7.25. The van der Waals surface area contributed by atoms with Crippen molar-refractivity contribution in [3.05, 3.63) is 66.2 Å². The number of nitrogens with two attached hydrogens (primary N) is 2. The van der Waals surface area contributed by atoms with Crippen LogP contribution in [0.3, 0.4) is 0 Å². The first-order valence-corrected chi connectivity index (χ1v) is 9.66. The predicted molar refractivity (Wildman–Crippen MR) is 111 cm³/mol. The second kappa shape index (κ2) is 9.26. The molecule has 2 aromatic rings. The first-order valence-electron chi connectivity index (χ1n) is 9.66. The van der Waals surface area contributed by atoms with Gasteiger partial charge in [0.25, 0.3) is 0 Å². The van der Waals surface area contributed by atoms with E-state index in [0.29, 0.717) is 13.0 Å². The summed E-state index contributed by atoms with van der Waals surface area (Å²) in [6.45, 7) is 1.94. The Balaban J connectivity index is 1.62. The van der Waals surface area contributed by atoms with Crippen LogP contribution in [0.5, 0.6) is 5.75 Å². The van der Waals surface area contributed by atoms with E-state index in [-0.39, 0.29) is 25.0 Å². The third kappa shape index (κ3) is 5.03. The molecular formula is C22H28N4O2. The van der Waals surface area contributed by atoms with Gasteiger partial charge in [-0.25, -0.2) is 0 Å². The van der Waals surface area contributed by atoms with Crippen molar-refractivity contribution in [1.82, 2.24) is 4.90 Å². The van der Waals surface area contributed by atoms with Crippen LogP contribution in [0.2, 0.25) is 0 Å². The third-order valence-electron chi connectivity index (χ3n) is 5.16. The van der Waals surface area contributed by atoms with E-state index in [2.05, 4.69) is 17.1 Å². The largest absolute Gasteiger partial charge is 0.492 e. The highest BCUT2D eigenvalue weighted by molar-refractivity contribution is 5.86. The molecule has 0 bridgehead atoms. The van der Waals surface area contributed by atoms with E-state index >= 15 is 0 Å². The molecule has 1 unspecified atom stereocenters. The molecule has 1 atom stereocenters. The van der Waals surface area contributed by atoms with E-state index in [1.54, 1.807) is 0 Å². The molecule has 1 aliphatic rings. The van der Waals surface area contributed by atoms with Crippen molar-refractivity contribution in [1.29, 1.82) is 0 Å². The number of benzene rings is 2. The molecule has 148 valence electrons. The average molecular weight is 380 g/mol. The molecule has 28 heavy (non-hydrogen) atoms. The molecule has 1 heterocycles. The molecule has 0 spiro atoms. The number of carbonyl (C=O) groups excluding carboxylic acids is 1. The van der Waals surface area contributed by atoms with Crippen LogP contribution < -0.4 is 16.2 Å². The fourth-order valence-corrected chi connectivity index (χ4v) is 3.53. The number of hydrogen-bond donors (Lipinski definition) is 2. The monoisotopic (exact) mass is 380 g/mol. The molecule has 0 aliphatic carbocycles. The smallest absolute Gasteiger partial charge is 0.234 e. The maximum atomic E-state index is 13.2. The van der Waals surface area contributed by atoms with Gasteiger partial charge < -0.3 is 21.1 Å². The zero-order valence-electron chi connectivity index (χ0n) is 16.1. The van der Waals surface area contributed by atoms with Crippen LogP contribution in [0, 0.1) is 5.41 Å². The van der Waals surface area contributed by atoms with Gasteiger partial charge in [-0.1, -0.05) is 48.5 Å². The minimum Gasteiger partial charge on any atom is -0.492 e. The summed E-state index contributed by atoms with van der Waals surface area (Å²) in [6, 6.07) is 19.8. The summed E-state index contributed by atoms with van der Waals surface area (Å²) in [6.07, 6.45) is 2.56. The van der Waals surface area contributed by atoms with Crippen molar-refractivity contribution in [3.8, 4) is 5.75 Å². The fraction of sp³-hybridized carbons (Fsp3) is 0.364. The SMILES string of the molecule is NC(N)=NCC1(COc2ccccc2)CCN(CCCc2ccccc2)C1=O. The van der Waals surface area contributed by atoms with Gasteiger partial charge in [0.15, 0.2) is 5.96 Å². The maximum Gasteiger partial charge on any atom is 0.234 e. The number of ether oxygens (including phenoxy) is 1. The van der Waals surface area contributed by atoms with Crippen molar-refractivity contribution >= 4 is 11.9 Å². The van der Waals surface area contributed by atoms with Gasteiger partial charge in [0.2, 0.25) is 5.91 Å². The highest BCUT2D eigenvalue weighted by atomic mass is 16.5. The number of aryl methyl sites for hydroxylation is 1. The molecule has 1 saturated heterocycles. The maximum absolute atomic E-state index is 13.2. The van der Waals surface area contributed by atoms with E-state index in [4.69, 9.17) is 16.2 Å². The summed E-state index contributed by atoms with van der Waals surface area (Å²) in [7, 11) is 0. The predicted octanol–water partition coefficient (Wildman–Crippen LogP) is 2.19. The summed E-state index contributed by atoms with van der Waals surface area (Å²) in [5.74, 6) is 0.804. The van der Waals surface area contributed by atoms with Crippen LogP contribution in [-0.4, -0.2) is 43.0 Å². The molecule has 2 aromatic carbocycles. The van der Waals surface area contributed by atoms with Crippen LogP contribution in [-0.2, 0) is 11.2 Å². The van der Waals surface area contributed by atoms with E-state index < -0.39 is 5.41 Å². The minimum absolute atomic E-state index is 0.00517. The number of amides is 1. The molecule has 0 saturated carbocycles. The van der Waals surface area contributed by atoms with Gasteiger partial charge in [0.05, 0.1) is 6.54 Å². The summed E-state index contributed by atoms with van der Waals surface area (Å²) >= 11 is 0. The van der Waals surface area contributed by atoms with Crippen LogP contribution in [0.1, 0.15) is 18.4 Å². The number of hydrogen-bond acceptors (Lipinski definition) is 3. The van der Waals surface area contributed by atoms with E-state index in [1.165, 1.54) is 5.56 Å². The Morgan fingerprint density at radius 1 is 1.07 bits per heavy atom. The van der Waals surface area contributed by atoms with Crippen molar-refractivity contribution < 1.29 is 9.53 Å². The normalized spacial score (nSPS) is 18.9. The Morgan fingerprint density at radius 3 is 2.43 bits per heavy atom. The Labute approximate surface area is 166 Å². The van der Waals surface area contributed by atoms with E-state index in [1.807, 2.05) is 53.4 Å². The van der Waals surface area contributed by atoms with Crippen LogP contribution in [0.15, 0.2) is 65.7 Å². The van der Waals surface area contributed by atoms with Gasteiger partial charge in [-0.2, -0.15) is 0 Å².